The van der Waals surface area contributed by atoms with Crippen LogP contribution in [-0.2, 0) is 17.9 Å². The van der Waals surface area contributed by atoms with Crippen LogP contribution in [-0.4, -0.2) is 35.9 Å². The molecular formula is C22H27N3O3. The Bertz CT molecular complexity index is 862. The van der Waals surface area contributed by atoms with E-state index in [1.165, 1.54) is 5.56 Å². The van der Waals surface area contributed by atoms with Gasteiger partial charge in [0.25, 0.3) is 11.8 Å². The van der Waals surface area contributed by atoms with Gasteiger partial charge in [-0.25, -0.2) is 0 Å². The Morgan fingerprint density at radius 2 is 1.86 bits per heavy atom. The second-order valence-corrected chi connectivity index (χ2v) is 7.44. The topological polar surface area (TPSA) is 70.7 Å². The van der Waals surface area contributed by atoms with E-state index in [1.54, 1.807) is 25.1 Å². The van der Waals surface area contributed by atoms with Crippen molar-refractivity contribution in [1.29, 1.82) is 0 Å². The number of hydrogen-bond donors (Lipinski definition) is 2. The molecule has 0 saturated carbocycles. The van der Waals surface area contributed by atoms with E-state index in [1.807, 2.05) is 12.1 Å². The standard InChI is InChI=1S/C22H27N3O3/c1-14(2)25(4)13-17-10-8-16(9-11-17)12-23-22(27)18-6-5-7-19-20(18)28-15(3)21(26)24-19/h5-11,14-15H,12-13H2,1-4H3,(H,23,27)(H,24,26)/t15-/m1/s1. The van der Waals surface area contributed by atoms with Gasteiger partial charge in [-0.2, -0.15) is 0 Å². The van der Waals surface area contributed by atoms with Crippen molar-refractivity contribution in [2.24, 2.45) is 0 Å². The molecule has 28 heavy (non-hydrogen) atoms. The number of anilines is 1. The second-order valence-electron chi connectivity index (χ2n) is 7.44. The molecule has 0 spiro atoms. The molecule has 1 atom stereocenters. The summed E-state index contributed by atoms with van der Waals surface area (Å²) in [5, 5.41) is 5.69. The van der Waals surface area contributed by atoms with E-state index in [4.69, 9.17) is 4.74 Å². The number of nitrogens with zero attached hydrogens (tertiary/aromatic N) is 1. The van der Waals surface area contributed by atoms with Crippen molar-refractivity contribution in [3.63, 3.8) is 0 Å². The van der Waals surface area contributed by atoms with E-state index >= 15 is 0 Å². The van der Waals surface area contributed by atoms with Crippen molar-refractivity contribution in [2.75, 3.05) is 12.4 Å². The number of hydrogen-bond acceptors (Lipinski definition) is 4. The number of ether oxygens (including phenoxy) is 1. The predicted molar refractivity (Wildman–Crippen MR) is 109 cm³/mol. The highest BCUT2D eigenvalue weighted by atomic mass is 16.5. The number of carbonyl (C=O) groups excluding carboxylic acids is 2. The van der Waals surface area contributed by atoms with Gasteiger partial charge >= 0.3 is 0 Å². The van der Waals surface area contributed by atoms with Gasteiger partial charge in [0.05, 0.1) is 11.3 Å². The maximum Gasteiger partial charge on any atom is 0.265 e. The van der Waals surface area contributed by atoms with Crippen LogP contribution >= 0.6 is 0 Å². The lowest BCUT2D eigenvalue weighted by molar-refractivity contribution is -0.122. The van der Waals surface area contributed by atoms with Gasteiger partial charge in [-0.1, -0.05) is 30.3 Å². The summed E-state index contributed by atoms with van der Waals surface area (Å²) in [5.74, 6) is -0.0313. The van der Waals surface area contributed by atoms with Crippen LogP contribution in [0.15, 0.2) is 42.5 Å². The third-order valence-electron chi connectivity index (χ3n) is 4.97. The lowest BCUT2D eigenvalue weighted by Crippen LogP contribution is -2.35. The molecule has 0 radical (unpaired) electrons. The van der Waals surface area contributed by atoms with Crippen LogP contribution in [0.3, 0.4) is 0 Å². The van der Waals surface area contributed by atoms with Crippen LogP contribution in [0.25, 0.3) is 0 Å². The molecular weight excluding hydrogens is 354 g/mol. The lowest BCUT2D eigenvalue weighted by Gasteiger charge is -2.25. The summed E-state index contributed by atoms with van der Waals surface area (Å²) in [5.41, 5.74) is 3.20. The quantitative estimate of drug-likeness (QED) is 0.806. The van der Waals surface area contributed by atoms with Crippen molar-refractivity contribution in [1.82, 2.24) is 10.2 Å². The molecule has 3 rings (SSSR count). The van der Waals surface area contributed by atoms with Gasteiger partial charge in [-0.3, -0.25) is 14.5 Å². The number of para-hydroxylation sites is 1. The van der Waals surface area contributed by atoms with Gasteiger partial charge in [-0.15, -0.1) is 0 Å². The van der Waals surface area contributed by atoms with E-state index < -0.39 is 6.10 Å². The molecule has 148 valence electrons. The third kappa shape index (κ3) is 4.51. The highest BCUT2D eigenvalue weighted by Gasteiger charge is 2.27. The number of amides is 2. The highest BCUT2D eigenvalue weighted by Crippen LogP contribution is 2.33. The van der Waals surface area contributed by atoms with Crippen LogP contribution in [0.5, 0.6) is 5.75 Å². The minimum atomic E-state index is -0.627. The second kappa shape index (κ2) is 8.44. The van der Waals surface area contributed by atoms with Crippen LogP contribution in [0.1, 0.15) is 42.3 Å². The summed E-state index contributed by atoms with van der Waals surface area (Å²) in [6.07, 6.45) is -0.627. The summed E-state index contributed by atoms with van der Waals surface area (Å²) >= 11 is 0. The van der Waals surface area contributed by atoms with Crippen LogP contribution in [0, 0.1) is 0 Å². The third-order valence-corrected chi connectivity index (χ3v) is 4.97. The van der Waals surface area contributed by atoms with Gasteiger partial charge < -0.3 is 15.4 Å². The Balaban J connectivity index is 1.64. The number of fused-ring (bicyclic) bond motifs is 1. The summed E-state index contributed by atoms with van der Waals surface area (Å²) in [6.45, 7) is 7.31. The molecule has 0 saturated heterocycles. The van der Waals surface area contributed by atoms with Crippen molar-refractivity contribution in [3.8, 4) is 5.75 Å². The average molecular weight is 381 g/mol. The van der Waals surface area contributed by atoms with Gasteiger partial charge in [0.2, 0.25) is 0 Å². The van der Waals surface area contributed by atoms with Crippen LogP contribution in [0.4, 0.5) is 5.69 Å². The number of nitrogens with one attached hydrogen (secondary N) is 2. The maximum absolute atomic E-state index is 12.7. The zero-order valence-corrected chi connectivity index (χ0v) is 16.8. The predicted octanol–water partition coefficient (Wildman–Crippen LogP) is 3.18. The minimum absolute atomic E-state index is 0.215. The summed E-state index contributed by atoms with van der Waals surface area (Å²) < 4.78 is 5.64. The van der Waals surface area contributed by atoms with E-state index in [9.17, 15) is 9.59 Å². The fourth-order valence-electron chi connectivity index (χ4n) is 2.92. The molecule has 6 nitrogen and oxygen atoms in total. The first-order valence-electron chi connectivity index (χ1n) is 9.52. The molecule has 0 aromatic heterocycles. The first-order chi connectivity index (χ1) is 13.3. The van der Waals surface area contributed by atoms with Crippen molar-refractivity contribution < 1.29 is 14.3 Å². The normalized spacial score (nSPS) is 15.8. The van der Waals surface area contributed by atoms with Gasteiger partial charge in [0.15, 0.2) is 11.9 Å². The zero-order valence-electron chi connectivity index (χ0n) is 16.8. The minimum Gasteiger partial charge on any atom is -0.478 e. The molecule has 6 heteroatoms. The number of benzene rings is 2. The van der Waals surface area contributed by atoms with E-state index in [2.05, 4.69) is 48.6 Å². The smallest absolute Gasteiger partial charge is 0.265 e. The molecule has 0 bridgehead atoms. The lowest BCUT2D eigenvalue weighted by atomic mass is 10.1. The molecule has 0 unspecified atom stereocenters. The Morgan fingerprint density at radius 3 is 2.54 bits per heavy atom. The van der Waals surface area contributed by atoms with Crippen LogP contribution in [0.2, 0.25) is 0 Å². The van der Waals surface area contributed by atoms with E-state index in [-0.39, 0.29) is 11.8 Å². The summed E-state index contributed by atoms with van der Waals surface area (Å²) in [7, 11) is 2.10. The molecule has 2 aromatic rings. The average Bonchev–Trinajstić information content (AvgIpc) is 2.67. The number of rotatable bonds is 6. The van der Waals surface area contributed by atoms with Crippen molar-refractivity contribution >= 4 is 17.5 Å². The molecule has 2 amide bonds. The fourth-order valence-corrected chi connectivity index (χ4v) is 2.92. The molecule has 1 heterocycles. The van der Waals surface area contributed by atoms with E-state index in [0.717, 1.165) is 12.1 Å². The monoisotopic (exact) mass is 381 g/mol. The molecule has 2 N–H and O–H groups in total. The maximum atomic E-state index is 12.7. The Morgan fingerprint density at radius 1 is 1.18 bits per heavy atom. The van der Waals surface area contributed by atoms with Crippen LogP contribution < -0.4 is 15.4 Å². The zero-order chi connectivity index (χ0) is 20.3. The molecule has 2 aromatic carbocycles. The van der Waals surface area contributed by atoms with Gasteiger partial charge in [-0.05, 0) is 51.1 Å². The Labute approximate surface area is 165 Å². The van der Waals surface area contributed by atoms with E-state index in [0.29, 0.717) is 29.6 Å². The van der Waals surface area contributed by atoms with Crippen molar-refractivity contribution in [3.05, 3.63) is 59.2 Å². The molecule has 0 fully saturated rings. The van der Waals surface area contributed by atoms with Gasteiger partial charge in [0.1, 0.15) is 0 Å². The first-order valence-corrected chi connectivity index (χ1v) is 9.52. The fraction of sp³-hybridized carbons (Fsp3) is 0.364. The SMILES string of the molecule is CC(C)N(C)Cc1ccc(CNC(=O)c2cccc3c2O[C@H](C)C(=O)N3)cc1. The van der Waals surface area contributed by atoms with Gasteiger partial charge in [0, 0.05) is 19.1 Å². The summed E-state index contributed by atoms with van der Waals surface area (Å²) in [4.78, 5) is 26.7. The Hall–Kier alpha value is -2.86. The summed E-state index contributed by atoms with van der Waals surface area (Å²) in [6, 6.07) is 13.9. The number of carbonyl (C=O) groups is 2. The highest BCUT2D eigenvalue weighted by molar-refractivity contribution is 6.03. The first kappa shape index (κ1) is 19.9. The molecule has 0 aliphatic carbocycles. The largest absolute Gasteiger partial charge is 0.478 e. The van der Waals surface area contributed by atoms with Crippen molar-refractivity contribution in [2.45, 2.75) is 46.0 Å². The molecule has 1 aliphatic rings. The Kier molecular flexibility index (Phi) is 5.99. The molecule has 1 aliphatic heterocycles.